The van der Waals surface area contributed by atoms with Crippen LogP contribution in [0, 0.1) is 5.41 Å². The predicted molar refractivity (Wildman–Crippen MR) is 78.4 cm³/mol. The van der Waals surface area contributed by atoms with Crippen LogP contribution in [0.4, 0.5) is 0 Å². The van der Waals surface area contributed by atoms with Crippen LogP contribution in [0.5, 0.6) is 0 Å². The molecule has 0 bridgehead atoms. The van der Waals surface area contributed by atoms with Crippen molar-refractivity contribution in [1.29, 1.82) is 0 Å². The molecule has 0 saturated heterocycles. The van der Waals surface area contributed by atoms with Crippen LogP contribution in [0.25, 0.3) is 0 Å². The molecule has 0 heterocycles. The topological polar surface area (TPSA) is 0 Å². The van der Waals surface area contributed by atoms with E-state index < -0.39 is 0 Å². The SMILES string of the molecule is CC(CS)(CS)CSCc1ccccc1. The van der Waals surface area contributed by atoms with Gasteiger partial charge in [-0.2, -0.15) is 37.0 Å². The van der Waals surface area contributed by atoms with Gasteiger partial charge >= 0.3 is 0 Å². The van der Waals surface area contributed by atoms with Crippen molar-refractivity contribution >= 4 is 37.0 Å². The van der Waals surface area contributed by atoms with E-state index in [1.165, 1.54) is 5.56 Å². The summed E-state index contributed by atoms with van der Waals surface area (Å²) in [5, 5.41) is 0. The van der Waals surface area contributed by atoms with Crippen molar-refractivity contribution in [1.82, 2.24) is 0 Å². The fourth-order valence-electron chi connectivity index (χ4n) is 1.13. The summed E-state index contributed by atoms with van der Waals surface area (Å²) >= 11 is 10.7. The third-order valence-corrected chi connectivity index (χ3v) is 5.29. The van der Waals surface area contributed by atoms with Crippen molar-refractivity contribution in [3.05, 3.63) is 35.9 Å². The minimum absolute atomic E-state index is 0.256. The molecule has 0 fully saturated rings. The lowest BCUT2D eigenvalue weighted by atomic mass is 10.00. The fraction of sp³-hybridized carbons (Fsp3) is 0.500. The molecule has 84 valence electrons. The molecule has 0 spiro atoms. The highest BCUT2D eigenvalue weighted by molar-refractivity contribution is 7.98. The molecule has 0 amide bonds. The zero-order chi connectivity index (χ0) is 11.1. The van der Waals surface area contributed by atoms with Gasteiger partial charge in [-0.25, -0.2) is 0 Å². The Morgan fingerprint density at radius 3 is 2.27 bits per heavy atom. The van der Waals surface area contributed by atoms with E-state index in [9.17, 15) is 0 Å². The number of rotatable bonds is 6. The zero-order valence-electron chi connectivity index (χ0n) is 9.02. The summed E-state index contributed by atoms with van der Waals surface area (Å²) in [4.78, 5) is 0. The maximum absolute atomic E-state index is 4.38. The Hall–Kier alpha value is 0.270. The first kappa shape index (κ1) is 13.3. The van der Waals surface area contributed by atoms with Gasteiger partial charge in [0, 0.05) is 11.5 Å². The largest absolute Gasteiger partial charge is 0.179 e. The summed E-state index contributed by atoms with van der Waals surface area (Å²) in [6.45, 7) is 2.24. The third kappa shape index (κ3) is 4.75. The van der Waals surface area contributed by atoms with E-state index in [0.29, 0.717) is 0 Å². The van der Waals surface area contributed by atoms with Gasteiger partial charge in [0.2, 0.25) is 0 Å². The highest BCUT2D eigenvalue weighted by atomic mass is 32.2. The van der Waals surface area contributed by atoms with Gasteiger partial charge in [-0.3, -0.25) is 0 Å². The summed E-state index contributed by atoms with van der Waals surface area (Å²) in [5.74, 6) is 4.00. The van der Waals surface area contributed by atoms with Crippen LogP contribution in [0.15, 0.2) is 30.3 Å². The number of hydrogen-bond acceptors (Lipinski definition) is 3. The van der Waals surface area contributed by atoms with Crippen LogP contribution in [-0.2, 0) is 5.75 Å². The molecule has 0 saturated carbocycles. The number of hydrogen-bond donors (Lipinski definition) is 2. The normalized spacial score (nSPS) is 11.7. The Balaban J connectivity index is 2.33. The maximum Gasteiger partial charge on any atom is 0.0184 e. The Morgan fingerprint density at radius 2 is 1.73 bits per heavy atom. The van der Waals surface area contributed by atoms with Crippen LogP contribution >= 0.6 is 37.0 Å². The molecule has 0 aliphatic heterocycles. The highest BCUT2D eigenvalue weighted by Crippen LogP contribution is 2.27. The van der Waals surface area contributed by atoms with Crippen LogP contribution in [0.3, 0.4) is 0 Å². The molecule has 3 heteroatoms. The Morgan fingerprint density at radius 1 is 1.13 bits per heavy atom. The van der Waals surface area contributed by atoms with Gasteiger partial charge in [0.25, 0.3) is 0 Å². The Labute approximate surface area is 108 Å². The summed E-state index contributed by atoms with van der Waals surface area (Å²) in [6, 6.07) is 10.6. The van der Waals surface area contributed by atoms with Crippen LogP contribution in [0.1, 0.15) is 12.5 Å². The first-order chi connectivity index (χ1) is 7.20. The Kier molecular flexibility index (Phi) is 6.02. The molecule has 1 aromatic carbocycles. The summed E-state index contributed by atoms with van der Waals surface area (Å²) in [6.07, 6.45) is 0. The maximum atomic E-state index is 4.38. The lowest BCUT2D eigenvalue weighted by Gasteiger charge is -2.24. The molecule has 1 aromatic rings. The molecule has 0 aliphatic rings. The molecule has 0 radical (unpaired) electrons. The number of thioether (sulfide) groups is 1. The second kappa shape index (κ2) is 6.77. The third-order valence-electron chi connectivity index (χ3n) is 2.33. The van der Waals surface area contributed by atoms with E-state index in [4.69, 9.17) is 0 Å². The van der Waals surface area contributed by atoms with Crippen molar-refractivity contribution in [2.24, 2.45) is 5.41 Å². The van der Waals surface area contributed by atoms with Crippen molar-refractivity contribution in [3.63, 3.8) is 0 Å². The lowest BCUT2D eigenvalue weighted by Crippen LogP contribution is -2.23. The first-order valence-corrected chi connectivity index (χ1v) is 7.45. The molecular weight excluding hydrogens is 240 g/mol. The molecule has 0 atom stereocenters. The number of thiol groups is 2. The highest BCUT2D eigenvalue weighted by Gasteiger charge is 2.20. The Bertz CT molecular complexity index is 267. The van der Waals surface area contributed by atoms with Crippen molar-refractivity contribution in [2.45, 2.75) is 12.7 Å². The van der Waals surface area contributed by atoms with Crippen LogP contribution in [0.2, 0.25) is 0 Å². The second-order valence-corrected chi connectivity index (χ2v) is 5.72. The first-order valence-electron chi connectivity index (χ1n) is 5.03. The van der Waals surface area contributed by atoms with E-state index in [-0.39, 0.29) is 5.41 Å². The summed E-state index contributed by atoms with van der Waals surface area (Å²) < 4.78 is 0. The van der Waals surface area contributed by atoms with Gasteiger partial charge in [0.1, 0.15) is 0 Å². The quantitative estimate of drug-likeness (QED) is 0.732. The van der Waals surface area contributed by atoms with Crippen molar-refractivity contribution in [2.75, 3.05) is 17.3 Å². The van der Waals surface area contributed by atoms with E-state index in [0.717, 1.165) is 23.0 Å². The lowest BCUT2D eigenvalue weighted by molar-refractivity contribution is 0.507. The van der Waals surface area contributed by atoms with Crippen LogP contribution < -0.4 is 0 Å². The van der Waals surface area contributed by atoms with E-state index in [1.807, 2.05) is 11.8 Å². The minimum atomic E-state index is 0.256. The standard InChI is InChI=1S/C12H18S3/c1-12(8-13,9-14)10-15-7-11-5-3-2-4-6-11/h2-6,13-14H,7-10H2,1H3. The fourth-order valence-corrected chi connectivity index (χ4v) is 3.28. The van der Waals surface area contributed by atoms with Gasteiger partial charge in [-0.1, -0.05) is 37.3 Å². The second-order valence-electron chi connectivity index (χ2n) is 4.11. The van der Waals surface area contributed by atoms with Crippen LogP contribution in [-0.4, -0.2) is 17.3 Å². The average molecular weight is 258 g/mol. The molecule has 0 N–H and O–H groups in total. The van der Waals surface area contributed by atoms with Crippen molar-refractivity contribution in [3.8, 4) is 0 Å². The van der Waals surface area contributed by atoms with Gasteiger partial charge < -0.3 is 0 Å². The molecule has 1 rings (SSSR count). The van der Waals surface area contributed by atoms with E-state index in [1.54, 1.807) is 0 Å². The van der Waals surface area contributed by atoms with E-state index in [2.05, 4.69) is 62.5 Å². The van der Waals surface area contributed by atoms with Gasteiger partial charge in [-0.15, -0.1) is 0 Å². The van der Waals surface area contributed by atoms with E-state index >= 15 is 0 Å². The molecule has 0 nitrogen and oxygen atoms in total. The van der Waals surface area contributed by atoms with Gasteiger partial charge in [0.15, 0.2) is 0 Å². The molecule has 0 unspecified atom stereocenters. The van der Waals surface area contributed by atoms with Gasteiger partial charge in [-0.05, 0) is 22.5 Å². The smallest absolute Gasteiger partial charge is 0.0184 e. The van der Waals surface area contributed by atoms with Gasteiger partial charge in [0.05, 0.1) is 0 Å². The summed E-state index contributed by atoms with van der Waals surface area (Å²) in [5.41, 5.74) is 1.65. The summed E-state index contributed by atoms with van der Waals surface area (Å²) in [7, 11) is 0. The molecular formula is C12H18S3. The molecule has 0 aromatic heterocycles. The molecule has 15 heavy (non-hydrogen) atoms. The predicted octanol–water partition coefficient (Wildman–Crippen LogP) is 3.79. The van der Waals surface area contributed by atoms with Crippen molar-refractivity contribution < 1.29 is 0 Å². The number of benzene rings is 1. The zero-order valence-corrected chi connectivity index (χ0v) is 11.6. The molecule has 0 aliphatic carbocycles. The average Bonchev–Trinajstić information content (AvgIpc) is 2.30. The minimum Gasteiger partial charge on any atom is -0.179 e. The monoisotopic (exact) mass is 258 g/mol.